The van der Waals surface area contributed by atoms with Gasteiger partial charge in [0.15, 0.2) is 0 Å². The van der Waals surface area contributed by atoms with Crippen LogP contribution in [0.4, 0.5) is 13.2 Å². The van der Waals surface area contributed by atoms with Gasteiger partial charge >= 0.3 is 6.36 Å². The zero-order valence-corrected chi connectivity index (χ0v) is 12.6. The Labute approximate surface area is 124 Å². The van der Waals surface area contributed by atoms with Gasteiger partial charge in [-0.2, -0.15) is 0 Å². The molecule has 0 aliphatic carbocycles. The van der Waals surface area contributed by atoms with Crippen molar-refractivity contribution in [3.8, 4) is 5.75 Å². The molecule has 0 bridgehead atoms. The standard InChI is InChI=1S/C13H17BrF3NO2/c1-2-10(5-6-19)18-8-9-3-4-12(11(14)7-9)20-13(15,16)17/h3-4,7,10,18-19H,2,5-6,8H2,1H3. The van der Waals surface area contributed by atoms with Gasteiger partial charge in [-0.25, -0.2) is 0 Å². The average Bonchev–Trinajstić information content (AvgIpc) is 2.36. The fourth-order valence-electron chi connectivity index (χ4n) is 1.73. The lowest BCUT2D eigenvalue weighted by atomic mass is 10.1. The number of hydrogen-bond donors (Lipinski definition) is 2. The molecule has 1 atom stereocenters. The Hall–Kier alpha value is -0.790. The fraction of sp³-hybridized carbons (Fsp3) is 0.538. The van der Waals surface area contributed by atoms with Crippen LogP contribution < -0.4 is 10.1 Å². The lowest BCUT2D eigenvalue weighted by Gasteiger charge is -2.16. The van der Waals surface area contributed by atoms with Gasteiger partial charge in [-0.1, -0.05) is 13.0 Å². The number of benzene rings is 1. The molecular formula is C13H17BrF3NO2. The van der Waals surface area contributed by atoms with Gasteiger partial charge in [0.05, 0.1) is 4.47 Å². The molecule has 0 radical (unpaired) electrons. The zero-order valence-electron chi connectivity index (χ0n) is 11.0. The number of aliphatic hydroxyl groups is 1. The minimum Gasteiger partial charge on any atom is -0.405 e. The molecule has 7 heteroatoms. The maximum absolute atomic E-state index is 12.1. The van der Waals surface area contributed by atoms with Gasteiger partial charge in [-0.15, -0.1) is 13.2 Å². The van der Waals surface area contributed by atoms with Crippen molar-refractivity contribution >= 4 is 15.9 Å². The molecular weight excluding hydrogens is 339 g/mol. The number of halogens is 4. The third kappa shape index (κ3) is 6.11. The van der Waals surface area contributed by atoms with Gasteiger partial charge in [0.1, 0.15) is 5.75 Å². The van der Waals surface area contributed by atoms with E-state index in [0.29, 0.717) is 13.0 Å². The Balaban J connectivity index is 2.63. The molecule has 2 N–H and O–H groups in total. The van der Waals surface area contributed by atoms with E-state index in [1.807, 2.05) is 6.92 Å². The summed E-state index contributed by atoms with van der Waals surface area (Å²) in [5.74, 6) is -0.261. The van der Waals surface area contributed by atoms with E-state index in [-0.39, 0.29) is 22.9 Å². The van der Waals surface area contributed by atoms with Crippen LogP contribution in [0.15, 0.2) is 22.7 Å². The molecule has 0 aliphatic rings. The van der Waals surface area contributed by atoms with Gasteiger partial charge in [-0.05, 0) is 46.5 Å². The van der Waals surface area contributed by atoms with E-state index in [0.717, 1.165) is 12.0 Å². The molecule has 0 heterocycles. The summed E-state index contributed by atoms with van der Waals surface area (Å²) in [5.41, 5.74) is 0.836. The first kappa shape index (κ1) is 17.3. The summed E-state index contributed by atoms with van der Waals surface area (Å²) in [6.07, 6.45) is -3.18. The van der Waals surface area contributed by atoms with Gasteiger partial charge in [0, 0.05) is 19.2 Å². The van der Waals surface area contributed by atoms with Crippen molar-refractivity contribution in [3.63, 3.8) is 0 Å². The summed E-state index contributed by atoms with van der Waals surface area (Å²) >= 11 is 3.06. The molecule has 0 spiro atoms. The van der Waals surface area contributed by atoms with Gasteiger partial charge < -0.3 is 15.2 Å². The SMILES string of the molecule is CCC(CCO)NCc1ccc(OC(F)(F)F)c(Br)c1. The van der Waals surface area contributed by atoms with Gasteiger partial charge in [0.25, 0.3) is 0 Å². The highest BCUT2D eigenvalue weighted by atomic mass is 79.9. The largest absolute Gasteiger partial charge is 0.573 e. The highest BCUT2D eigenvalue weighted by Gasteiger charge is 2.31. The highest BCUT2D eigenvalue weighted by Crippen LogP contribution is 2.31. The summed E-state index contributed by atoms with van der Waals surface area (Å²) in [6.45, 7) is 2.63. The maximum Gasteiger partial charge on any atom is 0.573 e. The normalized spacial score (nSPS) is 13.3. The second-order valence-electron chi connectivity index (χ2n) is 4.31. The summed E-state index contributed by atoms with van der Waals surface area (Å²) < 4.78 is 40.5. The third-order valence-corrected chi connectivity index (χ3v) is 3.41. The van der Waals surface area contributed by atoms with E-state index >= 15 is 0 Å². The molecule has 1 aromatic carbocycles. The number of rotatable bonds is 7. The molecule has 114 valence electrons. The zero-order chi connectivity index (χ0) is 15.2. The summed E-state index contributed by atoms with van der Waals surface area (Å²) in [5, 5.41) is 12.1. The van der Waals surface area contributed by atoms with Crippen molar-refractivity contribution in [2.45, 2.75) is 38.7 Å². The van der Waals surface area contributed by atoms with E-state index in [9.17, 15) is 13.2 Å². The first-order valence-corrected chi connectivity index (χ1v) is 7.03. The lowest BCUT2D eigenvalue weighted by molar-refractivity contribution is -0.274. The van der Waals surface area contributed by atoms with Crippen LogP contribution in [0.5, 0.6) is 5.75 Å². The van der Waals surface area contributed by atoms with Crippen molar-refractivity contribution in [1.29, 1.82) is 0 Å². The average molecular weight is 356 g/mol. The number of alkyl halides is 3. The van der Waals surface area contributed by atoms with Crippen LogP contribution in [-0.2, 0) is 6.54 Å². The van der Waals surface area contributed by atoms with Crippen LogP contribution in [0, 0.1) is 0 Å². The first-order valence-electron chi connectivity index (χ1n) is 6.24. The second kappa shape index (κ2) is 7.85. The van der Waals surface area contributed by atoms with Crippen LogP contribution in [-0.4, -0.2) is 24.1 Å². The van der Waals surface area contributed by atoms with E-state index in [1.165, 1.54) is 6.07 Å². The van der Waals surface area contributed by atoms with Crippen LogP contribution in [0.25, 0.3) is 0 Å². The molecule has 1 rings (SSSR count). The topological polar surface area (TPSA) is 41.5 Å². The number of aliphatic hydroxyl groups excluding tert-OH is 1. The molecule has 0 amide bonds. The van der Waals surface area contributed by atoms with Gasteiger partial charge in [-0.3, -0.25) is 0 Å². The van der Waals surface area contributed by atoms with Crippen molar-refractivity contribution in [1.82, 2.24) is 5.32 Å². The quantitative estimate of drug-likeness (QED) is 0.785. The van der Waals surface area contributed by atoms with Crippen molar-refractivity contribution < 1.29 is 23.0 Å². The first-order chi connectivity index (χ1) is 9.35. The summed E-state index contributed by atoms with van der Waals surface area (Å²) in [6, 6.07) is 4.62. The molecule has 20 heavy (non-hydrogen) atoms. The minimum absolute atomic E-state index is 0.105. The van der Waals surface area contributed by atoms with Gasteiger partial charge in [0.2, 0.25) is 0 Å². The molecule has 1 aromatic rings. The fourth-order valence-corrected chi connectivity index (χ4v) is 2.24. The molecule has 0 aliphatic heterocycles. The van der Waals surface area contributed by atoms with Crippen molar-refractivity contribution in [2.75, 3.05) is 6.61 Å². The highest BCUT2D eigenvalue weighted by molar-refractivity contribution is 9.10. The lowest BCUT2D eigenvalue weighted by Crippen LogP contribution is -2.28. The number of nitrogens with one attached hydrogen (secondary N) is 1. The minimum atomic E-state index is -4.70. The van der Waals surface area contributed by atoms with Crippen LogP contribution in [0.1, 0.15) is 25.3 Å². The summed E-state index contributed by atoms with van der Waals surface area (Å²) in [7, 11) is 0. The van der Waals surface area contributed by atoms with Crippen LogP contribution in [0.3, 0.4) is 0 Å². The van der Waals surface area contributed by atoms with E-state index in [1.54, 1.807) is 12.1 Å². The monoisotopic (exact) mass is 355 g/mol. The third-order valence-electron chi connectivity index (χ3n) is 2.79. The Morgan fingerprint density at radius 1 is 1.40 bits per heavy atom. The van der Waals surface area contributed by atoms with E-state index in [4.69, 9.17) is 5.11 Å². The Morgan fingerprint density at radius 3 is 2.60 bits per heavy atom. The molecule has 3 nitrogen and oxygen atoms in total. The predicted octanol–water partition coefficient (Wildman–Crippen LogP) is 3.60. The molecule has 0 aromatic heterocycles. The number of hydrogen-bond acceptors (Lipinski definition) is 3. The molecule has 0 fully saturated rings. The number of ether oxygens (including phenoxy) is 1. The second-order valence-corrected chi connectivity index (χ2v) is 5.17. The smallest absolute Gasteiger partial charge is 0.405 e. The maximum atomic E-state index is 12.1. The Kier molecular flexibility index (Phi) is 6.78. The van der Waals surface area contributed by atoms with Crippen LogP contribution in [0.2, 0.25) is 0 Å². The Morgan fingerprint density at radius 2 is 2.10 bits per heavy atom. The Bertz CT molecular complexity index is 427. The molecule has 0 saturated carbocycles. The van der Waals surface area contributed by atoms with E-state index < -0.39 is 6.36 Å². The van der Waals surface area contributed by atoms with Crippen molar-refractivity contribution in [2.24, 2.45) is 0 Å². The molecule has 1 unspecified atom stereocenters. The van der Waals surface area contributed by atoms with E-state index in [2.05, 4.69) is 26.0 Å². The summed E-state index contributed by atoms with van der Waals surface area (Å²) in [4.78, 5) is 0. The molecule has 0 saturated heterocycles. The van der Waals surface area contributed by atoms with Crippen LogP contribution >= 0.6 is 15.9 Å². The predicted molar refractivity (Wildman–Crippen MR) is 73.4 cm³/mol. The van der Waals surface area contributed by atoms with Crippen molar-refractivity contribution in [3.05, 3.63) is 28.2 Å².